The highest BCUT2D eigenvalue weighted by molar-refractivity contribution is 7.91. The third-order valence-corrected chi connectivity index (χ3v) is 3.14. The van der Waals surface area contributed by atoms with Gasteiger partial charge in [-0.15, -0.1) is 0 Å². The summed E-state index contributed by atoms with van der Waals surface area (Å²) in [5.41, 5.74) is -1.60. The van der Waals surface area contributed by atoms with Crippen molar-refractivity contribution in [2.45, 2.75) is 13.1 Å². The van der Waals surface area contributed by atoms with Crippen LogP contribution in [0.3, 0.4) is 0 Å². The third kappa shape index (κ3) is 3.22. The molecule has 0 aliphatic heterocycles. The van der Waals surface area contributed by atoms with Crippen LogP contribution in [0.15, 0.2) is 29.7 Å². The van der Waals surface area contributed by atoms with E-state index in [2.05, 4.69) is 10.8 Å². The fourth-order valence-electron chi connectivity index (χ4n) is 0.971. The fourth-order valence-corrected chi connectivity index (χ4v) is 1.47. The highest BCUT2D eigenvalue weighted by atomic mass is 32.2. The maximum Gasteiger partial charge on any atom is 0.419 e. The Kier molecular flexibility index (Phi) is 3.70. The molecule has 0 bridgehead atoms. The van der Waals surface area contributed by atoms with Gasteiger partial charge < -0.3 is 4.18 Å². The predicted octanol–water partition coefficient (Wildman–Crippen LogP) is 3.09. The molecule has 18 heavy (non-hydrogen) atoms. The fraction of sp³-hybridized carbons (Fsp3) is 0.200. The highest BCUT2D eigenvalue weighted by Crippen LogP contribution is 2.34. The summed E-state index contributed by atoms with van der Waals surface area (Å²) < 4.78 is 76.8. The number of benzene rings is 1. The first kappa shape index (κ1) is 14.5. The van der Waals surface area contributed by atoms with E-state index in [9.17, 15) is 26.0 Å². The second-order valence-corrected chi connectivity index (χ2v) is 5.15. The monoisotopic (exact) mass is 284 g/mol. The van der Waals surface area contributed by atoms with Crippen molar-refractivity contribution in [3.8, 4) is 5.75 Å². The van der Waals surface area contributed by atoms with Gasteiger partial charge in [-0.2, -0.15) is 21.6 Å². The van der Waals surface area contributed by atoms with Gasteiger partial charge in [0.15, 0.2) is 0 Å². The van der Waals surface area contributed by atoms with Gasteiger partial charge in [0.25, 0.3) is 0 Å². The van der Waals surface area contributed by atoms with Gasteiger partial charge >= 0.3 is 16.3 Å². The molecule has 1 aromatic carbocycles. The Balaban J connectivity index is 3.19. The van der Waals surface area contributed by atoms with Crippen LogP contribution in [0.25, 0.3) is 0 Å². The summed E-state index contributed by atoms with van der Waals surface area (Å²) >= 11 is 0. The quantitative estimate of drug-likeness (QED) is 0.633. The molecule has 0 aromatic heterocycles. The summed E-state index contributed by atoms with van der Waals surface area (Å²) in [6.07, 6.45) is -4.93. The van der Waals surface area contributed by atoms with Crippen LogP contribution in [0.2, 0.25) is 0 Å². The normalized spacial score (nSPS) is 12.3. The minimum absolute atomic E-state index is 0.274. The molecule has 0 saturated carbocycles. The molecule has 3 nitrogen and oxygen atoms in total. The van der Waals surface area contributed by atoms with Crippen molar-refractivity contribution in [2.75, 3.05) is 0 Å². The molecule has 1 rings (SSSR count). The highest BCUT2D eigenvalue weighted by Gasteiger charge is 2.34. The standard InChI is InChI=1S/C10H8F4O3S/c1-6(2)18(15,16)17-7-3-4-9(11)8(5-7)10(12,13)14/h3-5H,1H2,2H3. The van der Waals surface area contributed by atoms with Gasteiger partial charge in [-0.3, -0.25) is 0 Å². The van der Waals surface area contributed by atoms with Gasteiger partial charge in [0.05, 0.1) is 10.5 Å². The second-order valence-electron chi connectivity index (χ2n) is 3.38. The Morgan fingerprint density at radius 3 is 2.33 bits per heavy atom. The van der Waals surface area contributed by atoms with E-state index in [0.29, 0.717) is 6.07 Å². The van der Waals surface area contributed by atoms with Crippen LogP contribution in [0.4, 0.5) is 17.6 Å². The van der Waals surface area contributed by atoms with Crippen LogP contribution >= 0.6 is 0 Å². The van der Waals surface area contributed by atoms with E-state index in [0.717, 1.165) is 13.0 Å². The van der Waals surface area contributed by atoms with Crippen LogP contribution in [0, 0.1) is 5.82 Å². The lowest BCUT2D eigenvalue weighted by molar-refractivity contribution is -0.140. The molecule has 0 aliphatic rings. The van der Waals surface area contributed by atoms with Crippen LogP contribution in [-0.2, 0) is 16.3 Å². The van der Waals surface area contributed by atoms with E-state index >= 15 is 0 Å². The Labute approximate surface area is 101 Å². The van der Waals surface area contributed by atoms with Gasteiger partial charge in [0, 0.05) is 0 Å². The SMILES string of the molecule is C=C(C)S(=O)(=O)Oc1ccc(F)c(C(F)(F)F)c1. The Morgan fingerprint density at radius 2 is 1.89 bits per heavy atom. The molecular formula is C10H8F4O3S. The molecule has 0 aliphatic carbocycles. The molecule has 0 fully saturated rings. The lowest BCUT2D eigenvalue weighted by atomic mass is 10.2. The van der Waals surface area contributed by atoms with Crippen molar-refractivity contribution >= 4 is 10.1 Å². The van der Waals surface area contributed by atoms with Crippen molar-refractivity contribution < 1.29 is 30.2 Å². The van der Waals surface area contributed by atoms with Crippen LogP contribution in [-0.4, -0.2) is 8.42 Å². The van der Waals surface area contributed by atoms with E-state index in [1.807, 2.05) is 0 Å². The molecule has 0 heterocycles. The summed E-state index contributed by atoms with van der Waals surface area (Å²) in [5, 5.41) is 0. The van der Waals surface area contributed by atoms with Gasteiger partial charge in [-0.1, -0.05) is 6.58 Å². The molecule has 1 aromatic rings. The smallest absolute Gasteiger partial charge is 0.379 e. The average Bonchev–Trinajstić information content (AvgIpc) is 2.18. The Morgan fingerprint density at radius 1 is 1.33 bits per heavy atom. The lowest BCUT2D eigenvalue weighted by Crippen LogP contribution is -2.12. The van der Waals surface area contributed by atoms with Crippen molar-refractivity contribution in [3.05, 3.63) is 41.1 Å². The van der Waals surface area contributed by atoms with Crippen molar-refractivity contribution in [1.29, 1.82) is 0 Å². The molecular weight excluding hydrogens is 276 g/mol. The number of rotatable bonds is 3. The second kappa shape index (κ2) is 4.60. The Bertz CT molecular complexity index is 575. The zero-order valence-corrected chi connectivity index (χ0v) is 9.90. The van der Waals surface area contributed by atoms with Crippen LogP contribution < -0.4 is 4.18 Å². The first-order chi connectivity index (χ1) is 8.04. The van der Waals surface area contributed by atoms with Gasteiger partial charge in [-0.25, -0.2) is 4.39 Å². The summed E-state index contributed by atoms with van der Waals surface area (Å²) in [6.45, 7) is 4.22. The van der Waals surface area contributed by atoms with Gasteiger partial charge in [0.2, 0.25) is 0 Å². The minimum atomic E-state index is -4.93. The molecule has 0 N–H and O–H groups in total. The molecule has 0 saturated heterocycles. The minimum Gasteiger partial charge on any atom is -0.379 e. The summed E-state index contributed by atoms with van der Waals surface area (Å²) in [5.74, 6) is -2.14. The predicted molar refractivity (Wildman–Crippen MR) is 55.8 cm³/mol. The molecule has 0 atom stereocenters. The molecule has 0 unspecified atom stereocenters. The average molecular weight is 284 g/mol. The number of allylic oxidation sites excluding steroid dienone is 1. The van der Waals surface area contributed by atoms with E-state index in [1.165, 1.54) is 0 Å². The summed E-state index contributed by atoms with van der Waals surface area (Å²) in [6, 6.07) is 1.53. The summed E-state index contributed by atoms with van der Waals surface area (Å²) in [4.78, 5) is -0.375. The zero-order valence-electron chi connectivity index (χ0n) is 9.08. The van der Waals surface area contributed by atoms with Crippen molar-refractivity contribution in [3.63, 3.8) is 0 Å². The number of hydrogen-bond acceptors (Lipinski definition) is 3. The number of alkyl halides is 3. The largest absolute Gasteiger partial charge is 0.419 e. The van der Waals surface area contributed by atoms with E-state index in [1.54, 1.807) is 0 Å². The van der Waals surface area contributed by atoms with E-state index < -0.39 is 33.4 Å². The number of hydrogen-bond donors (Lipinski definition) is 0. The number of halogens is 4. The molecule has 100 valence electrons. The van der Waals surface area contributed by atoms with Gasteiger partial charge in [-0.05, 0) is 25.1 Å². The van der Waals surface area contributed by atoms with Crippen LogP contribution in [0.1, 0.15) is 12.5 Å². The summed E-state index contributed by atoms with van der Waals surface area (Å²) in [7, 11) is -4.21. The third-order valence-electron chi connectivity index (χ3n) is 1.88. The first-order valence-corrected chi connectivity index (χ1v) is 5.91. The zero-order chi connectivity index (χ0) is 14.1. The van der Waals surface area contributed by atoms with Crippen LogP contribution in [0.5, 0.6) is 5.75 Å². The molecule has 0 radical (unpaired) electrons. The lowest BCUT2D eigenvalue weighted by Gasteiger charge is -2.11. The van der Waals surface area contributed by atoms with E-state index in [-0.39, 0.29) is 11.0 Å². The van der Waals surface area contributed by atoms with Crippen molar-refractivity contribution in [1.82, 2.24) is 0 Å². The topological polar surface area (TPSA) is 43.4 Å². The van der Waals surface area contributed by atoms with E-state index in [4.69, 9.17) is 0 Å². The molecule has 0 amide bonds. The first-order valence-electron chi connectivity index (χ1n) is 4.51. The maximum atomic E-state index is 12.9. The van der Waals surface area contributed by atoms with Gasteiger partial charge in [0.1, 0.15) is 11.6 Å². The molecule has 0 spiro atoms. The maximum absolute atomic E-state index is 12.9. The Hall–Kier alpha value is -1.57. The van der Waals surface area contributed by atoms with Crippen molar-refractivity contribution in [2.24, 2.45) is 0 Å². The molecule has 8 heteroatoms.